The van der Waals surface area contributed by atoms with Crippen molar-refractivity contribution in [2.24, 2.45) is 34.4 Å². The van der Waals surface area contributed by atoms with Crippen molar-refractivity contribution in [1.29, 1.82) is 0 Å². The van der Waals surface area contributed by atoms with Gasteiger partial charge in [-0.2, -0.15) is 0 Å². The smallest absolute Gasteiger partial charge is 0.233 e. The lowest BCUT2D eigenvalue weighted by molar-refractivity contribution is -0.140. The molecule has 1 aliphatic heterocycles. The SMILES string of the molecule is CCC(C)NC(N)=NCCN1C(=O)C2C3C=CC(C3)C2C1=O.I. The largest absolute Gasteiger partial charge is 0.370 e. The summed E-state index contributed by atoms with van der Waals surface area (Å²) in [5.74, 6) is 0.611. The molecule has 2 bridgehead atoms. The normalized spacial score (nSPS) is 33.0. The van der Waals surface area contributed by atoms with E-state index in [2.05, 4.69) is 29.4 Å². The Kier molecular flexibility index (Phi) is 5.70. The van der Waals surface area contributed by atoms with Crippen molar-refractivity contribution in [3.63, 3.8) is 0 Å². The summed E-state index contributed by atoms with van der Waals surface area (Å²) < 4.78 is 0. The number of imide groups is 1. The molecular weight excluding hydrogens is 407 g/mol. The fourth-order valence-corrected chi connectivity index (χ4v) is 3.86. The van der Waals surface area contributed by atoms with Crippen molar-refractivity contribution in [1.82, 2.24) is 10.2 Å². The van der Waals surface area contributed by atoms with Gasteiger partial charge in [0.05, 0.1) is 18.4 Å². The van der Waals surface area contributed by atoms with Crippen LogP contribution in [0.3, 0.4) is 0 Å². The summed E-state index contributed by atoms with van der Waals surface area (Å²) in [6.45, 7) is 4.77. The highest BCUT2D eigenvalue weighted by molar-refractivity contribution is 14.0. The van der Waals surface area contributed by atoms with Gasteiger partial charge in [0.2, 0.25) is 11.8 Å². The monoisotopic (exact) mass is 432 g/mol. The number of nitrogens with two attached hydrogens (primary N) is 1. The van der Waals surface area contributed by atoms with Crippen LogP contribution in [0.5, 0.6) is 0 Å². The Morgan fingerprint density at radius 3 is 2.43 bits per heavy atom. The van der Waals surface area contributed by atoms with E-state index in [0.717, 1.165) is 12.8 Å². The third kappa shape index (κ3) is 3.25. The molecule has 23 heavy (non-hydrogen) atoms. The van der Waals surface area contributed by atoms with E-state index in [4.69, 9.17) is 5.73 Å². The number of likely N-dealkylation sites (tertiary alicyclic amines) is 1. The van der Waals surface area contributed by atoms with E-state index in [1.165, 1.54) is 4.90 Å². The Morgan fingerprint density at radius 1 is 1.35 bits per heavy atom. The summed E-state index contributed by atoms with van der Waals surface area (Å²) in [6.07, 6.45) is 6.13. The van der Waals surface area contributed by atoms with Crippen LogP contribution in [0.15, 0.2) is 17.1 Å². The molecule has 1 saturated carbocycles. The molecule has 0 aromatic rings. The fourth-order valence-electron chi connectivity index (χ4n) is 3.86. The predicted octanol–water partition coefficient (Wildman–Crippen LogP) is 1.11. The quantitative estimate of drug-likeness (QED) is 0.224. The van der Waals surface area contributed by atoms with Crippen molar-refractivity contribution in [3.8, 4) is 0 Å². The van der Waals surface area contributed by atoms with Crippen LogP contribution in [-0.2, 0) is 9.59 Å². The molecule has 0 aromatic carbocycles. The standard InChI is InChI=1S/C16H24N4O2.HI/c1-3-9(2)19-16(17)18-6-7-20-14(21)12-10-4-5-11(8-10)13(12)15(20)22;/h4-5,9-13H,3,6-8H2,1-2H3,(H3,17,18,19);1H. The molecule has 7 heteroatoms. The lowest BCUT2D eigenvalue weighted by atomic mass is 9.85. The lowest BCUT2D eigenvalue weighted by Crippen LogP contribution is -2.39. The van der Waals surface area contributed by atoms with Gasteiger partial charge in [-0.05, 0) is 31.6 Å². The molecule has 128 valence electrons. The maximum Gasteiger partial charge on any atom is 0.233 e. The molecule has 3 N–H and O–H groups in total. The summed E-state index contributed by atoms with van der Waals surface area (Å²) in [6, 6.07) is 0.264. The van der Waals surface area contributed by atoms with Gasteiger partial charge in [0.1, 0.15) is 0 Å². The second kappa shape index (κ2) is 7.19. The first-order chi connectivity index (χ1) is 10.5. The highest BCUT2D eigenvalue weighted by Crippen LogP contribution is 2.52. The Hall–Kier alpha value is -1.12. The second-order valence-electron chi connectivity index (χ2n) is 6.55. The number of nitrogens with zero attached hydrogens (tertiary/aromatic N) is 2. The van der Waals surface area contributed by atoms with Gasteiger partial charge in [0, 0.05) is 12.6 Å². The third-order valence-corrected chi connectivity index (χ3v) is 5.17. The number of carbonyl (C=O) groups is 2. The van der Waals surface area contributed by atoms with E-state index in [-0.39, 0.29) is 65.5 Å². The van der Waals surface area contributed by atoms with E-state index in [9.17, 15) is 9.59 Å². The molecular formula is C16H25IN4O2. The summed E-state index contributed by atoms with van der Waals surface area (Å²) in [4.78, 5) is 30.5. The molecule has 3 rings (SSSR count). The van der Waals surface area contributed by atoms with Gasteiger partial charge in [-0.15, -0.1) is 24.0 Å². The Morgan fingerprint density at radius 2 is 1.91 bits per heavy atom. The Labute approximate surface area is 154 Å². The zero-order valence-corrected chi connectivity index (χ0v) is 15.9. The van der Waals surface area contributed by atoms with Crippen LogP contribution in [0.4, 0.5) is 0 Å². The van der Waals surface area contributed by atoms with E-state index in [0.29, 0.717) is 19.0 Å². The molecule has 2 aliphatic carbocycles. The first kappa shape index (κ1) is 18.2. The minimum atomic E-state index is -0.123. The van der Waals surface area contributed by atoms with Crippen molar-refractivity contribution in [2.75, 3.05) is 13.1 Å². The number of amides is 2. The number of fused-ring (bicyclic) bond motifs is 5. The number of hydrogen-bond donors (Lipinski definition) is 2. The molecule has 3 aliphatic rings. The molecule has 5 unspecified atom stereocenters. The summed E-state index contributed by atoms with van der Waals surface area (Å²) in [5.41, 5.74) is 5.79. The van der Waals surface area contributed by atoms with Crippen LogP contribution in [-0.4, -0.2) is 41.8 Å². The van der Waals surface area contributed by atoms with Gasteiger partial charge in [-0.25, -0.2) is 0 Å². The molecule has 5 atom stereocenters. The van der Waals surface area contributed by atoms with E-state index >= 15 is 0 Å². The number of rotatable bonds is 5. The maximum absolute atomic E-state index is 12.5. The van der Waals surface area contributed by atoms with Crippen molar-refractivity contribution in [2.45, 2.75) is 32.7 Å². The first-order valence-electron chi connectivity index (χ1n) is 8.13. The Balaban J connectivity index is 0.00000192. The number of hydrogen-bond acceptors (Lipinski definition) is 3. The molecule has 0 aromatic heterocycles. The zero-order valence-electron chi connectivity index (χ0n) is 13.6. The van der Waals surface area contributed by atoms with Crippen molar-refractivity contribution in [3.05, 3.63) is 12.2 Å². The fraction of sp³-hybridized carbons (Fsp3) is 0.688. The Bertz CT molecular complexity index is 518. The number of nitrogens with one attached hydrogen (secondary N) is 1. The molecule has 0 radical (unpaired) electrons. The molecule has 6 nitrogen and oxygen atoms in total. The van der Waals surface area contributed by atoms with Crippen molar-refractivity contribution < 1.29 is 9.59 Å². The van der Waals surface area contributed by atoms with E-state index in [1.54, 1.807) is 0 Å². The molecule has 2 fully saturated rings. The van der Waals surface area contributed by atoms with Gasteiger partial charge < -0.3 is 11.1 Å². The highest BCUT2D eigenvalue weighted by Gasteiger charge is 2.58. The van der Waals surface area contributed by atoms with Gasteiger partial charge >= 0.3 is 0 Å². The first-order valence-corrected chi connectivity index (χ1v) is 8.13. The predicted molar refractivity (Wildman–Crippen MR) is 99.2 cm³/mol. The molecule has 0 spiro atoms. The molecule has 1 heterocycles. The summed E-state index contributed by atoms with van der Waals surface area (Å²) >= 11 is 0. The maximum atomic E-state index is 12.5. The van der Waals surface area contributed by atoms with Gasteiger partial charge in [-0.1, -0.05) is 19.1 Å². The highest BCUT2D eigenvalue weighted by atomic mass is 127. The van der Waals surface area contributed by atoms with Crippen LogP contribution in [0.2, 0.25) is 0 Å². The van der Waals surface area contributed by atoms with E-state index in [1.807, 2.05) is 6.92 Å². The summed E-state index contributed by atoms with van der Waals surface area (Å²) in [7, 11) is 0. The number of carbonyl (C=O) groups excluding carboxylic acids is 2. The van der Waals surface area contributed by atoms with Gasteiger partial charge in [0.25, 0.3) is 0 Å². The number of allylic oxidation sites excluding steroid dienone is 2. The number of halogens is 1. The lowest BCUT2D eigenvalue weighted by Gasteiger charge is -2.16. The topological polar surface area (TPSA) is 87.8 Å². The summed E-state index contributed by atoms with van der Waals surface area (Å²) in [5, 5.41) is 3.07. The molecule has 2 amide bonds. The van der Waals surface area contributed by atoms with Gasteiger partial charge in [0.15, 0.2) is 5.96 Å². The van der Waals surface area contributed by atoms with Crippen LogP contribution >= 0.6 is 24.0 Å². The minimum absolute atomic E-state index is 0. The van der Waals surface area contributed by atoms with E-state index < -0.39 is 0 Å². The van der Waals surface area contributed by atoms with Crippen LogP contribution < -0.4 is 11.1 Å². The van der Waals surface area contributed by atoms with Crippen LogP contribution in [0, 0.1) is 23.7 Å². The van der Waals surface area contributed by atoms with Crippen LogP contribution in [0.1, 0.15) is 26.7 Å². The average molecular weight is 432 g/mol. The number of guanidine groups is 1. The van der Waals surface area contributed by atoms with Crippen LogP contribution in [0.25, 0.3) is 0 Å². The average Bonchev–Trinajstić information content (AvgIpc) is 3.16. The third-order valence-electron chi connectivity index (χ3n) is 5.17. The number of aliphatic imine (C=N–C) groups is 1. The van der Waals surface area contributed by atoms with Crippen molar-refractivity contribution >= 4 is 41.8 Å². The minimum Gasteiger partial charge on any atom is -0.370 e. The van der Waals surface area contributed by atoms with Gasteiger partial charge in [-0.3, -0.25) is 19.5 Å². The molecule has 1 saturated heterocycles. The zero-order chi connectivity index (χ0) is 15.9. The second-order valence-corrected chi connectivity index (χ2v) is 6.55.